The van der Waals surface area contributed by atoms with Gasteiger partial charge in [-0.2, -0.15) is 0 Å². The van der Waals surface area contributed by atoms with Crippen LogP contribution in [0.1, 0.15) is 27.2 Å². The fourth-order valence-corrected chi connectivity index (χ4v) is 2.30. The molecule has 0 radical (unpaired) electrons. The van der Waals surface area contributed by atoms with Crippen LogP contribution < -0.4 is 0 Å². The standard InChI is InChI=1S/C8H13NO2S/c1-4-6(10)9-7(11)12-5-8(9,2)3/h4-5H2,1-3H3. The van der Waals surface area contributed by atoms with Crippen molar-refractivity contribution in [2.24, 2.45) is 0 Å². The Morgan fingerprint density at radius 3 is 2.58 bits per heavy atom. The van der Waals surface area contributed by atoms with Crippen molar-refractivity contribution in [2.75, 3.05) is 5.75 Å². The second-order valence-corrected chi connectivity index (χ2v) is 4.38. The van der Waals surface area contributed by atoms with Gasteiger partial charge in [-0.3, -0.25) is 14.5 Å². The molecule has 0 atom stereocenters. The van der Waals surface area contributed by atoms with Crippen LogP contribution in [-0.2, 0) is 4.79 Å². The molecule has 1 saturated heterocycles. The first-order valence-corrected chi connectivity index (χ1v) is 4.97. The summed E-state index contributed by atoms with van der Waals surface area (Å²) in [7, 11) is 0. The van der Waals surface area contributed by atoms with Crippen LogP contribution in [0.4, 0.5) is 4.79 Å². The van der Waals surface area contributed by atoms with Crippen molar-refractivity contribution in [2.45, 2.75) is 32.7 Å². The van der Waals surface area contributed by atoms with Crippen molar-refractivity contribution < 1.29 is 9.59 Å². The fourth-order valence-electron chi connectivity index (χ4n) is 1.21. The summed E-state index contributed by atoms with van der Waals surface area (Å²) in [6, 6.07) is 0. The fraction of sp³-hybridized carbons (Fsp3) is 0.750. The predicted molar refractivity (Wildman–Crippen MR) is 49.1 cm³/mol. The van der Waals surface area contributed by atoms with Crippen LogP contribution in [0.5, 0.6) is 0 Å². The Balaban J connectivity index is 2.85. The first kappa shape index (κ1) is 9.58. The minimum absolute atomic E-state index is 0.0741. The lowest BCUT2D eigenvalue weighted by Crippen LogP contribution is -2.45. The third-order valence-corrected chi connectivity index (χ3v) is 3.17. The number of rotatable bonds is 1. The van der Waals surface area contributed by atoms with Gasteiger partial charge in [0.15, 0.2) is 0 Å². The summed E-state index contributed by atoms with van der Waals surface area (Å²) in [5, 5.41) is -0.105. The number of amides is 2. The van der Waals surface area contributed by atoms with E-state index in [1.807, 2.05) is 13.8 Å². The minimum Gasteiger partial charge on any atom is -0.274 e. The van der Waals surface area contributed by atoms with E-state index >= 15 is 0 Å². The summed E-state index contributed by atoms with van der Waals surface area (Å²) in [6.07, 6.45) is 0.399. The molecule has 1 heterocycles. The van der Waals surface area contributed by atoms with Crippen molar-refractivity contribution in [3.8, 4) is 0 Å². The van der Waals surface area contributed by atoms with E-state index in [0.29, 0.717) is 12.2 Å². The van der Waals surface area contributed by atoms with E-state index in [-0.39, 0.29) is 16.7 Å². The molecule has 0 unspecified atom stereocenters. The molecule has 0 spiro atoms. The van der Waals surface area contributed by atoms with E-state index in [0.717, 1.165) is 0 Å². The molecular weight excluding hydrogens is 174 g/mol. The highest BCUT2D eigenvalue weighted by atomic mass is 32.2. The van der Waals surface area contributed by atoms with Gasteiger partial charge in [-0.25, -0.2) is 0 Å². The Bertz CT molecular complexity index is 225. The number of hydrogen-bond acceptors (Lipinski definition) is 3. The molecule has 0 bridgehead atoms. The number of carbonyl (C=O) groups excluding carboxylic acids is 2. The van der Waals surface area contributed by atoms with Gasteiger partial charge in [0.2, 0.25) is 5.91 Å². The van der Waals surface area contributed by atoms with Crippen LogP contribution in [-0.4, -0.2) is 27.3 Å². The molecule has 0 aromatic rings. The maximum Gasteiger partial charge on any atom is 0.288 e. The molecule has 1 aliphatic heterocycles. The summed E-state index contributed by atoms with van der Waals surface area (Å²) in [6.45, 7) is 5.60. The van der Waals surface area contributed by atoms with Gasteiger partial charge >= 0.3 is 0 Å². The minimum atomic E-state index is -0.297. The summed E-state index contributed by atoms with van der Waals surface area (Å²) in [5.41, 5.74) is -0.297. The van der Waals surface area contributed by atoms with Gasteiger partial charge in [0.05, 0.1) is 5.54 Å². The van der Waals surface area contributed by atoms with E-state index in [1.54, 1.807) is 6.92 Å². The van der Waals surface area contributed by atoms with Gasteiger partial charge < -0.3 is 0 Å². The number of nitrogens with zero attached hydrogens (tertiary/aromatic N) is 1. The molecule has 0 aromatic heterocycles. The molecule has 4 heteroatoms. The molecule has 0 N–H and O–H groups in total. The first-order valence-electron chi connectivity index (χ1n) is 3.99. The third kappa shape index (κ3) is 1.48. The number of imide groups is 1. The van der Waals surface area contributed by atoms with E-state index < -0.39 is 0 Å². The van der Waals surface area contributed by atoms with Crippen molar-refractivity contribution >= 4 is 22.9 Å². The Labute approximate surface area is 76.5 Å². The van der Waals surface area contributed by atoms with E-state index in [1.165, 1.54) is 16.7 Å². The highest BCUT2D eigenvalue weighted by Gasteiger charge is 2.41. The molecule has 68 valence electrons. The van der Waals surface area contributed by atoms with Crippen LogP contribution in [0, 0.1) is 0 Å². The zero-order chi connectivity index (χ0) is 9.35. The normalized spacial score (nSPS) is 21.6. The summed E-state index contributed by atoms with van der Waals surface area (Å²) < 4.78 is 0. The monoisotopic (exact) mass is 187 g/mol. The maximum absolute atomic E-state index is 11.3. The van der Waals surface area contributed by atoms with Gasteiger partial charge in [-0.1, -0.05) is 18.7 Å². The topological polar surface area (TPSA) is 37.4 Å². The molecule has 12 heavy (non-hydrogen) atoms. The molecule has 0 aromatic carbocycles. The predicted octanol–water partition coefficient (Wildman–Crippen LogP) is 1.87. The largest absolute Gasteiger partial charge is 0.288 e. The second kappa shape index (κ2) is 3.09. The molecular formula is C8H13NO2S. The van der Waals surface area contributed by atoms with Crippen LogP contribution in [0.3, 0.4) is 0 Å². The van der Waals surface area contributed by atoms with Crippen LogP contribution in [0.15, 0.2) is 0 Å². The smallest absolute Gasteiger partial charge is 0.274 e. The molecule has 0 aliphatic carbocycles. The van der Waals surface area contributed by atoms with Gasteiger partial charge in [-0.15, -0.1) is 0 Å². The molecule has 0 saturated carbocycles. The Morgan fingerprint density at radius 2 is 2.25 bits per heavy atom. The van der Waals surface area contributed by atoms with E-state index in [9.17, 15) is 9.59 Å². The Morgan fingerprint density at radius 1 is 1.67 bits per heavy atom. The average Bonchev–Trinajstić information content (AvgIpc) is 2.25. The SMILES string of the molecule is CCC(=O)N1C(=O)SCC1(C)C. The molecule has 1 rings (SSSR count). The number of carbonyl (C=O) groups is 2. The summed E-state index contributed by atoms with van der Waals surface area (Å²) >= 11 is 1.22. The maximum atomic E-state index is 11.3. The molecule has 3 nitrogen and oxygen atoms in total. The van der Waals surface area contributed by atoms with Crippen molar-refractivity contribution in [1.82, 2.24) is 4.90 Å². The molecule has 1 aliphatic rings. The highest BCUT2D eigenvalue weighted by Crippen LogP contribution is 2.32. The van der Waals surface area contributed by atoms with Gasteiger partial charge in [0.1, 0.15) is 0 Å². The third-order valence-electron chi connectivity index (χ3n) is 1.89. The second-order valence-electron chi connectivity index (χ2n) is 3.45. The first-order chi connectivity index (χ1) is 5.49. The number of hydrogen-bond donors (Lipinski definition) is 0. The van der Waals surface area contributed by atoms with Crippen molar-refractivity contribution in [3.05, 3.63) is 0 Å². The lowest BCUT2D eigenvalue weighted by molar-refractivity contribution is -0.130. The van der Waals surface area contributed by atoms with Crippen LogP contribution in [0.2, 0.25) is 0 Å². The zero-order valence-corrected chi connectivity index (χ0v) is 8.40. The van der Waals surface area contributed by atoms with Gasteiger partial charge in [0, 0.05) is 12.2 Å². The molecule has 1 fully saturated rings. The van der Waals surface area contributed by atoms with Crippen molar-refractivity contribution in [1.29, 1.82) is 0 Å². The van der Waals surface area contributed by atoms with Gasteiger partial charge in [0.25, 0.3) is 5.24 Å². The number of thioether (sulfide) groups is 1. The average molecular weight is 187 g/mol. The Kier molecular flexibility index (Phi) is 2.46. The lowest BCUT2D eigenvalue weighted by atomic mass is 10.1. The van der Waals surface area contributed by atoms with Crippen molar-refractivity contribution in [3.63, 3.8) is 0 Å². The van der Waals surface area contributed by atoms with Crippen LogP contribution in [0.25, 0.3) is 0 Å². The summed E-state index contributed by atoms with van der Waals surface area (Å²) in [5.74, 6) is 0.632. The molecule has 2 amide bonds. The highest BCUT2D eigenvalue weighted by molar-refractivity contribution is 8.14. The Hall–Kier alpha value is -0.510. The van der Waals surface area contributed by atoms with E-state index in [2.05, 4.69) is 0 Å². The van der Waals surface area contributed by atoms with Gasteiger partial charge in [-0.05, 0) is 13.8 Å². The van der Waals surface area contributed by atoms with E-state index in [4.69, 9.17) is 0 Å². The summed E-state index contributed by atoms with van der Waals surface area (Å²) in [4.78, 5) is 24.0. The quantitative estimate of drug-likeness (QED) is 0.629. The zero-order valence-electron chi connectivity index (χ0n) is 7.59. The van der Waals surface area contributed by atoms with Crippen LogP contribution >= 0.6 is 11.8 Å². The lowest BCUT2D eigenvalue weighted by Gasteiger charge is -2.28.